The number of methoxy groups -OCH3 is 2. The molecule has 0 bridgehead atoms. The van der Waals surface area contributed by atoms with Gasteiger partial charge >= 0.3 is 0 Å². The molecule has 7 heteroatoms. The lowest BCUT2D eigenvalue weighted by Gasteiger charge is -2.18. The summed E-state index contributed by atoms with van der Waals surface area (Å²) < 4.78 is 12.2. The lowest BCUT2D eigenvalue weighted by Crippen LogP contribution is -2.23. The Hall–Kier alpha value is -2.80. The molecule has 0 aliphatic heterocycles. The van der Waals surface area contributed by atoms with E-state index in [0.717, 1.165) is 0 Å². The average molecular weight is 384 g/mol. The third-order valence-electron chi connectivity index (χ3n) is 4.23. The van der Waals surface area contributed by atoms with Gasteiger partial charge in [0.05, 0.1) is 36.1 Å². The van der Waals surface area contributed by atoms with Gasteiger partial charge in [-0.25, -0.2) is 4.98 Å². The van der Waals surface area contributed by atoms with Crippen LogP contribution in [0.5, 0.6) is 11.5 Å². The molecule has 0 spiro atoms. The number of benzene rings is 2. The van der Waals surface area contributed by atoms with E-state index in [0.29, 0.717) is 33.2 Å². The van der Waals surface area contributed by atoms with Gasteiger partial charge in [-0.1, -0.05) is 23.9 Å². The van der Waals surface area contributed by atoms with Crippen molar-refractivity contribution in [1.82, 2.24) is 9.55 Å². The van der Waals surface area contributed by atoms with Crippen molar-refractivity contribution in [2.24, 2.45) is 0 Å². The Labute approximate surface area is 161 Å². The normalized spacial score (nSPS) is 12.0. The number of fused-ring (bicyclic) bond motifs is 1. The predicted octanol–water partition coefficient (Wildman–Crippen LogP) is 3.47. The fourth-order valence-electron chi connectivity index (χ4n) is 2.62. The quantitative estimate of drug-likeness (QED) is 0.479. The lowest BCUT2D eigenvalue weighted by molar-refractivity contribution is -0.116. The number of carbonyl (C=O) groups excluding carboxylic acids is 1. The number of aromatic nitrogens is 2. The number of Topliss-reactive ketones (excluding diaryl/α,β-unsaturated/α-hetero) is 1. The Morgan fingerprint density at radius 1 is 1.15 bits per heavy atom. The van der Waals surface area contributed by atoms with Gasteiger partial charge in [0.2, 0.25) is 0 Å². The van der Waals surface area contributed by atoms with Crippen LogP contribution >= 0.6 is 11.8 Å². The summed E-state index contributed by atoms with van der Waals surface area (Å²) in [6.07, 6.45) is 0. The summed E-state index contributed by atoms with van der Waals surface area (Å²) in [7, 11) is 3.09. The van der Waals surface area contributed by atoms with Gasteiger partial charge in [-0.05, 0) is 38.1 Å². The summed E-state index contributed by atoms with van der Waals surface area (Å²) in [6, 6.07) is 12.4. The molecule has 0 aliphatic carbocycles. The van der Waals surface area contributed by atoms with Crippen LogP contribution in [-0.2, 0) is 4.79 Å². The fourth-order valence-corrected chi connectivity index (χ4v) is 3.54. The molecule has 1 atom stereocenters. The molecule has 0 saturated heterocycles. The number of para-hydroxylation sites is 1. The summed E-state index contributed by atoms with van der Waals surface area (Å²) in [4.78, 5) is 29.7. The molecule has 3 rings (SSSR count). The Bertz CT molecular complexity index is 1060. The lowest BCUT2D eigenvalue weighted by atomic mass is 10.2. The Kier molecular flexibility index (Phi) is 5.51. The number of rotatable bonds is 6. The van der Waals surface area contributed by atoms with Gasteiger partial charge in [0.25, 0.3) is 5.56 Å². The molecule has 0 aliphatic rings. The van der Waals surface area contributed by atoms with E-state index in [4.69, 9.17) is 9.47 Å². The summed E-state index contributed by atoms with van der Waals surface area (Å²) in [5.41, 5.74) is 0.864. The minimum Gasteiger partial charge on any atom is -0.497 e. The Morgan fingerprint density at radius 2 is 1.89 bits per heavy atom. The van der Waals surface area contributed by atoms with Gasteiger partial charge in [-0.3, -0.25) is 14.2 Å². The second-order valence-electron chi connectivity index (χ2n) is 5.96. The molecular formula is C20H20N2O4S. The second-order valence-corrected chi connectivity index (χ2v) is 7.27. The zero-order valence-electron chi connectivity index (χ0n) is 15.6. The first-order valence-electron chi connectivity index (χ1n) is 8.37. The highest BCUT2D eigenvalue weighted by atomic mass is 32.2. The number of ketones is 1. The third-order valence-corrected chi connectivity index (χ3v) is 5.40. The molecule has 0 saturated carbocycles. The van der Waals surface area contributed by atoms with Crippen molar-refractivity contribution in [1.29, 1.82) is 0 Å². The van der Waals surface area contributed by atoms with Crippen molar-refractivity contribution < 1.29 is 14.3 Å². The van der Waals surface area contributed by atoms with E-state index < -0.39 is 0 Å². The SMILES string of the molecule is COc1ccc(OC)c(-n2c(SC(C)C(C)=O)nc3ccccc3c2=O)c1. The van der Waals surface area contributed by atoms with Crippen molar-refractivity contribution in [2.45, 2.75) is 24.3 Å². The van der Waals surface area contributed by atoms with Gasteiger partial charge in [0, 0.05) is 6.07 Å². The first kappa shape index (κ1) is 19.0. The van der Waals surface area contributed by atoms with Gasteiger partial charge < -0.3 is 9.47 Å². The maximum atomic E-state index is 13.3. The Morgan fingerprint density at radius 3 is 2.56 bits per heavy atom. The molecule has 2 aromatic carbocycles. The van der Waals surface area contributed by atoms with Crippen molar-refractivity contribution in [3.05, 3.63) is 52.8 Å². The van der Waals surface area contributed by atoms with E-state index in [9.17, 15) is 9.59 Å². The zero-order valence-corrected chi connectivity index (χ0v) is 16.4. The van der Waals surface area contributed by atoms with Crippen molar-refractivity contribution in [3.63, 3.8) is 0 Å². The van der Waals surface area contributed by atoms with Crippen LogP contribution in [0.4, 0.5) is 0 Å². The monoisotopic (exact) mass is 384 g/mol. The Balaban J connectivity index is 2.35. The van der Waals surface area contributed by atoms with Crippen LogP contribution in [0.15, 0.2) is 52.4 Å². The smallest absolute Gasteiger partial charge is 0.266 e. The molecular weight excluding hydrogens is 364 g/mol. The van der Waals surface area contributed by atoms with Gasteiger partial charge in [0.15, 0.2) is 5.16 Å². The minimum absolute atomic E-state index is 0.00608. The van der Waals surface area contributed by atoms with Crippen LogP contribution in [0.1, 0.15) is 13.8 Å². The number of carbonyl (C=O) groups is 1. The minimum atomic E-state index is -0.346. The van der Waals surface area contributed by atoms with E-state index in [-0.39, 0.29) is 16.6 Å². The van der Waals surface area contributed by atoms with E-state index in [1.165, 1.54) is 30.4 Å². The summed E-state index contributed by atoms with van der Waals surface area (Å²) in [5.74, 6) is 1.10. The number of thioether (sulfide) groups is 1. The molecule has 140 valence electrons. The highest BCUT2D eigenvalue weighted by molar-refractivity contribution is 8.00. The second kappa shape index (κ2) is 7.84. The molecule has 0 N–H and O–H groups in total. The van der Waals surface area contributed by atoms with Crippen LogP contribution in [0.25, 0.3) is 16.6 Å². The topological polar surface area (TPSA) is 70.4 Å². The van der Waals surface area contributed by atoms with Gasteiger partial charge in [-0.2, -0.15) is 0 Å². The van der Waals surface area contributed by atoms with Crippen molar-refractivity contribution in [3.8, 4) is 17.2 Å². The average Bonchev–Trinajstić information content (AvgIpc) is 2.67. The van der Waals surface area contributed by atoms with Crippen LogP contribution in [0, 0.1) is 0 Å². The van der Waals surface area contributed by atoms with Crippen LogP contribution < -0.4 is 15.0 Å². The number of hydrogen-bond donors (Lipinski definition) is 0. The van der Waals surface area contributed by atoms with Crippen LogP contribution in [0.2, 0.25) is 0 Å². The first-order chi connectivity index (χ1) is 13.0. The number of ether oxygens (including phenoxy) is 2. The molecule has 0 radical (unpaired) electrons. The third kappa shape index (κ3) is 3.68. The molecule has 0 amide bonds. The van der Waals surface area contributed by atoms with E-state index in [1.54, 1.807) is 50.4 Å². The summed E-state index contributed by atoms with van der Waals surface area (Å²) in [6.45, 7) is 3.31. The van der Waals surface area contributed by atoms with Gasteiger partial charge in [0.1, 0.15) is 17.3 Å². The molecule has 3 aromatic rings. The van der Waals surface area contributed by atoms with E-state index in [2.05, 4.69) is 4.98 Å². The molecule has 27 heavy (non-hydrogen) atoms. The standard InChI is InChI=1S/C20H20N2O4S/c1-12(23)13(2)27-20-21-16-8-6-5-7-15(16)19(24)22(20)17-11-14(25-3)9-10-18(17)26-4/h5-11,13H,1-4H3. The van der Waals surface area contributed by atoms with E-state index >= 15 is 0 Å². The number of nitrogens with zero attached hydrogens (tertiary/aromatic N) is 2. The summed E-state index contributed by atoms with van der Waals surface area (Å²) in [5, 5.41) is 0.566. The van der Waals surface area contributed by atoms with Crippen molar-refractivity contribution >= 4 is 28.4 Å². The first-order valence-corrected chi connectivity index (χ1v) is 9.25. The largest absolute Gasteiger partial charge is 0.497 e. The van der Waals surface area contributed by atoms with E-state index in [1.807, 2.05) is 6.07 Å². The maximum absolute atomic E-state index is 13.3. The highest BCUT2D eigenvalue weighted by Gasteiger charge is 2.20. The highest BCUT2D eigenvalue weighted by Crippen LogP contribution is 2.31. The zero-order chi connectivity index (χ0) is 19.6. The fraction of sp³-hybridized carbons (Fsp3) is 0.250. The maximum Gasteiger partial charge on any atom is 0.266 e. The molecule has 0 fully saturated rings. The predicted molar refractivity (Wildman–Crippen MR) is 106 cm³/mol. The molecule has 1 unspecified atom stereocenters. The molecule has 1 aromatic heterocycles. The summed E-state index contributed by atoms with van der Waals surface area (Å²) >= 11 is 1.24. The molecule has 1 heterocycles. The van der Waals surface area contributed by atoms with Gasteiger partial charge in [-0.15, -0.1) is 0 Å². The number of hydrogen-bond acceptors (Lipinski definition) is 6. The van der Waals surface area contributed by atoms with Crippen LogP contribution in [0.3, 0.4) is 0 Å². The van der Waals surface area contributed by atoms with Crippen molar-refractivity contribution in [2.75, 3.05) is 14.2 Å². The molecule has 6 nitrogen and oxygen atoms in total. The van der Waals surface area contributed by atoms with Crippen LogP contribution in [-0.4, -0.2) is 34.8 Å².